The predicted molar refractivity (Wildman–Crippen MR) is 121 cm³/mol. The van der Waals surface area contributed by atoms with Gasteiger partial charge in [0, 0.05) is 37.4 Å². The number of rotatable bonds is 5. The van der Waals surface area contributed by atoms with E-state index in [-0.39, 0.29) is 5.82 Å². The zero-order chi connectivity index (χ0) is 21.8. The SMILES string of the molecule is CN1CCN(c2ccc(Nc3ncc(Cl)c(-c4cccc(CC#N)c4)n3)cc2F)CC1. The second-order valence-electron chi connectivity index (χ2n) is 7.51. The van der Waals surface area contributed by atoms with Crippen LogP contribution < -0.4 is 10.2 Å². The molecule has 8 heteroatoms. The Morgan fingerprint density at radius 1 is 1.16 bits per heavy atom. The second kappa shape index (κ2) is 9.29. The Morgan fingerprint density at radius 3 is 2.71 bits per heavy atom. The van der Waals surface area contributed by atoms with Crippen LogP contribution in [0.15, 0.2) is 48.7 Å². The number of nitrogens with one attached hydrogen (secondary N) is 1. The van der Waals surface area contributed by atoms with Crippen LogP contribution in [0, 0.1) is 17.1 Å². The van der Waals surface area contributed by atoms with Crippen molar-refractivity contribution >= 4 is 28.9 Å². The summed E-state index contributed by atoms with van der Waals surface area (Å²) in [7, 11) is 2.07. The number of aromatic nitrogens is 2. The van der Waals surface area contributed by atoms with Gasteiger partial charge in [-0.2, -0.15) is 5.26 Å². The zero-order valence-electron chi connectivity index (χ0n) is 17.1. The molecule has 0 radical (unpaired) electrons. The highest BCUT2D eigenvalue weighted by Gasteiger charge is 2.18. The normalized spacial score (nSPS) is 14.3. The van der Waals surface area contributed by atoms with Crippen LogP contribution in [0.3, 0.4) is 0 Å². The molecule has 1 N–H and O–H groups in total. The van der Waals surface area contributed by atoms with E-state index in [0.717, 1.165) is 37.3 Å². The Kier molecular flexibility index (Phi) is 6.31. The third kappa shape index (κ3) is 4.93. The first-order chi connectivity index (χ1) is 15.0. The van der Waals surface area contributed by atoms with E-state index in [1.807, 2.05) is 30.3 Å². The molecule has 0 unspecified atom stereocenters. The number of nitriles is 1. The highest BCUT2D eigenvalue weighted by atomic mass is 35.5. The fraction of sp³-hybridized carbons (Fsp3) is 0.261. The molecular weight excluding hydrogens is 415 g/mol. The van der Waals surface area contributed by atoms with E-state index < -0.39 is 0 Å². The third-order valence-electron chi connectivity index (χ3n) is 5.28. The van der Waals surface area contributed by atoms with E-state index in [2.05, 4.69) is 38.2 Å². The number of benzene rings is 2. The van der Waals surface area contributed by atoms with Gasteiger partial charge in [-0.25, -0.2) is 14.4 Å². The van der Waals surface area contributed by atoms with Crippen molar-refractivity contribution < 1.29 is 4.39 Å². The average molecular weight is 437 g/mol. The van der Waals surface area contributed by atoms with Gasteiger partial charge >= 0.3 is 0 Å². The molecule has 4 rings (SSSR count). The number of hydrogen-bond acceptors (Lipinski definition) is 6. The minimum Gasteiger partial charge on any atom is -0.367 e. The Balaban J connectivity index is 1.55. The van der Waals surface area contributed by atoms with Crippen LogP contribution in [0.5, 0.6) is 0 Å². The van der Waals surface area contributed by atoms with Crippen molar-refractivity contribution in [2.24, 2.45) is 0 Å². The van der Waals surface area contributed by atoms with Gasteiger partial charge in [-0.15, -0.1) is 0 Å². The lowest BCUT2D eigenvalue weighted by molar-refractivity contribution is 0.311. The maximum absolute atomic E-state index is 14.8. The molecule has 31 heavy (non-hydrogen) atoms. The lowest BCUT2D eigenvalue weighted by Crippen LogP contribution is -2.44. The van der Waals surface area contributed by atoms with Crippen LogP contribution in [0.1, 0.15) is 5.56 Å². The molecule has 0 saturated carbocycles. The molecule has 1 aliphatic heterocycles. The van der Waals surface area contributed by atoms with Gasteiger partial charge < -0.3 is 15.1 Å². The summed E-state index contributed by atoms with van der Waals surface area (Å²) >= 11 is 6.32. The molecule has 1 aliphatic rings. The van der Waals surface area contributed by atoms with Crippen LogP contribution in [-0.4, -0.2) is 48.1 Å². The van der Waals surface area contributed by atoms with Crippen molar-refractivity contribution in [3.8, 4) is 17.3 Å². The molecule has 158 valence electrons. The Labute approximate surface area is 185 Å². The highest BCUT2D eigenvalue weighted by Crippen LogP contribution is 2.29. The molecule has 0 amide bonds. The van der Waals surface area contributed by atoms with Gasteiger partial charge in [-0.05, 0) is 36.9 Å². The number of nitrogens with zero attached hydrogens (tertiary/aromatic N) is 5. The number of likely N-dealkylation sites (N-methyl/N-ethyl adjacent to an activating group) is 1. The number of hydrogen-bond donors (Lipinski definition) is 1. The smallest absolute Gasteiger partial charge is 0.227 e. The fourth-order valence-corrected chi connectivity index (χ4v) is 3.77. The summed E-state index contributed by atoms with van der Waals surface area (Å²) in [4.78, 5) is 13.0. The number of piperazine rings is 1. The van der Waals surface area contributed by atoms with Crippen LogP contribution in [0.4, 0.5) is 21.7 Å². The zero-order valence-corrected chi connectivity index (χ0v) is 17.9. The third-order valence-corrected chi connectivity index (χ3v) is 5.55. The quantitative estimate of drug-likeness (QED) is 0.635. The van der Waals surface area contributed by atoms with E-state index in [1.54, 1.807) is 6.07 Å². The van der Waals surface area contributed by atoms with Crippen molar-refractivity contribution in [3.63, 3.8) is 0 Å². The van der Waals surface area contributed by atoms with E-state index in [0.29, 0.717) is 34.5 Å². The summed E-state index contributed by atoms with van der Waals surface area (Å²) in [5, 5.41) is 12.4. The van der Waals surface area contributed by atoms with Gasteiger partial charge in [-0.3, -0.25) is 0 Å². The van der Waals surface area contributed by atoms with E-state index in [4.69, 9.17) is 16.9 Å². The van der Waals surface area contributed by atoms with Crippen molar-refractivity contribution in [2.45, 2.75) is 6.42 Å². The van der Waals surface area contributed by atoms with Crippen LogP contribution in [0.2, 0.25) is 5.02 Å². The van der Waals surface area contributed by atoms with E-state index in [1.165, 1.54) is 12.3 Å². The van der Waals surface area contributed by atoms with E-state index >= 15 is 0 Å². The van der Waals surface area contributed by atoms with Crippen molar-refractivity contribution in [2.75, 3.05) is 43.4 Å². The van der Waals surface area contributed by atoms with E-state index in [9.17, 15) is 4.39 Å². The lowest BCUT2D eigenvalue weighted by atomic mass is 10.1. The summed E-state index contributed by atoms with van der Waals surface area (Å²) in [5.74, 6) is 0.0322. The summed E-state index contributed by atoms with van der Waals surface area (Å²) < 4.78 is 14.8. The average Bonchev–Trinajstić information content (AvgIpc) is 2.76. The molecule has 0 atom stereocenters. The maximum Gasteiger partial charge on any atom is 0.227 e. The van der Waals surface area contributed by atoms with Gasteiger partial charge in [0.05, 0.1) is 35.1 Å². The highest BCUT2D eigenvalue weighted by molar-refractivity contribution is 6.32. The molecule has 2 aromatic carbocycles. The molecule has 1 aromatic heterocycles. The summed E-state index contributed by atoms with van der Waals surface area (Å²) in [5.41, 5.74) is 3.38. The fourth-order valence-electron chi connectivity index (χ4n) is 3.57. The molecule has 2 heterocycles. The van der Waals surface area contributed by atoms with Gasteiger partial charge in [0.1, 0.15) is 5.82 Å². The van der Waals surface area contributed by atoms with Gasteiger partial charge in [-0.1, -0.05) is 29.8 Å². The Morgan fingerprint density at radius 2 is 1.97 bits per heavy atom. The van der Waals surface area contributed by atoms with Crippen LogP contribution >= 0.6 is 11.6 Å². The molecule has 0 aliphatic carbocycles. The first-order valence-corrected chi connectivity index (χ1v) is 10.4. The molecule has 3 aromatic rings. The Bertz CT molecular complexity index is 1120. The minimum atomic E-state index is -0.284. The van der Waals surface area contributed by atoms with Gasteiger partial charge in [0.2, 0.25) is 5.95 Å². The maximum atomic E-state index is 14.8. The van der Waals surface area contributed by atoms with Crippen molar-refractivity contribution in [3.05, 3.63) is 65.1 Å². The Hall–Kier alpha value is -3.21. The summed E-state index contributed by atoms with van der Waals surface area (Å²) in [6, 6.07) is 14.7. The second-order valence-corrected chi connectivity index (χ2v) is 7.91. The largest absolute Gasteiger partial charge is 0.367 e. The predicted octanol–water partition coefficient (Wildman–Crippen LogP) is 4.50. The molecule has 6 nitrogen and oxygen atoms in total. The summed E-state index contributed by atoms with van der Waals surface area (Å²) in [6.45, 7) is 3.43. The monoisotopic (exact) mass is 436 g/mol. The van der Waals surface area contributed by atoms with Gasteiger partial charge in [0.15, 0.2) is 0 Å². The van der Waals surface area contributed by atoms with Gasteiger partial charge in [0.25, 0.3) is 0 Å². The first kappa shape index (κ1) is 21.0. The molecule has 1 saturated heterocycles. The summed E-state index contributed by atoms with van der Waals surface area (Å²) in [6.07, 6.45) is 1.82. The topological polar surface area (TPSA) is 68.1 Å². The number of anilines is 3. The molecule has 1 fully saturated rings. The lowest BCUT2D eigenvalue weighted by Gasteiger charge is -2.34. The molecular formula is C23H22ClFN6. The van der Waals surface area contributed by atoms with Crippen LogP contribution in [-0.2, 0) is 6.42 Å². The molecule has 0 spiro atoms. The first-order valence-electron chi connectivity index (χ1n) is 10.0. The molecule has 0 bridgehead atoms. The number of halogens is 2. The van der Waals surface area contributed by atoms with Crippen molar-refractivity contribution in [1.29, 1.82) is 5.26 Å². The standard InChI is InChI=1S/C23H22ClFN6/c1-30-9-11-31(12-10-30)21-6-5-18(14-20(21)25)28-23-27-15-19(24)22(29-23)17-4-2-3-16(13-17)7-8-26/h2-6,13-15H,7,9-12H2,1H3,(H,27,28,29). The van der Waals surface area contributed by atoms with Crippen LogP contribution in [0.25, 0.3) is 11.3 Å². The minimum absolute atomic E-state index is 0.284. The van der Waals surface area contributed by atoms with Crippen molar-refractivity contribution in [1.82, 2.24) is 14.9 Å².